The Labute approximate surface area is 150 Å². The summed E-state index contributed by atoms with van der Waals surface area (Å²) in [4.78, 5) is 10.9. The van der Waals surface area contributed by atoms with Crippen LogP contribution in [0, 0.1) is 5.82 Å². The fourth-order valence-corrected chi connectivity index (χ4v) is 3.00. The molecule has 26 heavy (non-hydrogen) atoms. The highest BCUT2D eigenvalue weighted by Crippen LogP contribution is 2.31. The molecule has 2 aromatic heterocycles. The first-order chi connectivity index (χ1) is 12.6. The van der Waals surface area contributed by atoms with E-state index in [0.29, 0.717) is 30.1 Å². The molecule has 7 nitrogen and oxygen atoms in total. The molecule has 0 aliphatic carbocycles. The maximum absolute atomic E-state index is 14.2. The zero-order chi connectivity index (χ0) is 18.1. The number of halogens is 1. The van der Waals surface area contributed by atoms with Gasteiger partial charge in [0, 0.05) is 30.6 Å². The van der Waals surface area contributed by atoms with Gasteiger partial charge in [0.25, 0.3) is 0 Å². The largest absolute Gasteiger partial charge is 0.488 e. The van der Waals surface area contributed by atoms with Crippen LogP contribution in [0.5, 0.6) is 5.75 Å². The van der Waals surface area contributed by atoms with Crippen molar-refractivity contribution in [3.8, 4) is 17.1 Å². The first kappa shape index (κ1) is 16.7. The van der Waals surface area contributed by atoms with Crippen molar-refractivity contribution in [2.24, 2.45) is 0 Å². The number of nitrogens with zero attached hydrogens (tertiary/aromatic N) is 4. The van der Waals surface area contributed by atoms with E-state index in [1.807, 2.05) is 19.9 Å². The fourth-order valence-electron chi connectivity index (χ4n) is 3.00. The number of hydrogen-bond acceptors (Lipinski definition) is 6. The lowest BCUT2D eigenvalue weighted by molar-refractivity contribution is 0.122. The molecule has 4 rings (SSSR count). The molecular weight excluding hydrogens is 337 g/mol. The molecule has 1 aliphatic heterocycles. The Bertz CT molecular complexity index is 921. The zero-order valence-electron chi connectivity index (χ0n) is 14.7. The molecule has 3 aromatic rings. The Morgan fingerprint density at radius 2 is 2.00 bits per heavy atom. The lowest BCUT2D eigenvalue weighted by Crippen LogP contribution is -2.36. The minimum atomic E-state index is -0.418. The molecule has 0 spiro atoms. The second-order valence-electron chi connectivity index (χ2n) is 6.43. The van der Waals surface area contributed by atoms with E-state index in [1.54, 1.807) is 6.07 Å². The average molecular weight is 357 g/mol. The number of anilines is 1. The number of morpholine rings is 1. The smallest absolute Gasteiger partial charge is 0.167 e. The van der Waals surface area contributed by atoms with E-state index in [2.05, 4.69) is 25.1 Å². The second kappa shape index (κ2) is 6.87. The molecule has 136 valence electrons. The molecule has 1 aliphatic rings. The Kier molecular flexibility index (Phi) is 4.42. The summed E-state index contributed by atoms with van der Waals surface area (Å²) < 4.78 is 25.1. The first-order valence-corrected chi connectivity index (χ1v) is 8.61. The SMILES string of the molecule is CC(C)Oc1cc2c(-c3cc(N4CCOCC4)ncn3)n[nH]c2cc1F. The summed E-state index contributed by atoms with van der Waals surface area (Å²) in [6.45, 7) is 6.66. The summed E-state index contributed by atoms with van der Waals surface area (Å²) >= 11 is 0. The third kappa shape index (κ3) is 3.20. The van der Waals surface area contributed by atoms with Gasteiger partial charge in [0.1, 0.15) is 17.8 Å². The van der Waals surface area contributed by atoms with Gasteiger partial charge in [0.15, 0.2) is 11.6 Å². The molecule has 0 amide bonds. The molecule has 1 fully saturated rings. The average Bonchev–Trinajstić information content (AvgIpc) is 3.05. The molecule has 1 N–H and O–H groups in total. The van der Waals surface area contributed by atoms with E-state index in [1.165, 1.54) is 12.4 Å². The molecular formula is C18H20FN5O2. The topological polar surface area (TPSA) is 76.2 Å². The third-order valence-electron chi connectivity index (χ3n) is 4.21. The van der Waals surface area contributed by atoms with Crippen LogP contribution in [0.15, 0.2) is 24.5 Å². The summed E-state index contributed by atoms with van der Waals surface area (Å²) in [5, 5.41) is 7.96. The van der Waals surface area contributed by atoms with Gasteiger partial charge in [-0.1, -0.05) is 0 Å². The molecule has 1 aromatic carbocycles. The van der Waals surface area contributed by atoms with Gasteiger partial charge in [-0.15, -0.1) is 0 Å². The quantitative estimate of drug-likeness (QED) is 0.774. The van der Waals surface area contributed by atoms with Gasteiger partial charge in [0.05, 0.1) is 30.5 Å². The second-order valence-corrected chi connectivity index (χ2v) is 6.43. The van der Waals surface area contributed by atoms with Crippen molar-refractivity contribution in [2.45, 2.75) is 20.0 Å². The number of H-pyrrole nitrogens is 1. The van der Waals surface area contributed by atoms with E-state index in [4.69, 9.17) is 9.47 Å². The van der Waals surface area contributed by atoms with Crippen LogP contribution in [-0.2, 0) is 4.74 Å². The van der Waals surface area contributed by atoms with Crippen LogP contribution in [0.3, 0.4) is 0 Å². The summed E-state index contributed by atoms with van der Waals surface area (Å²) in [7, 11) is 0. The van der Waals surface area contributed by atoms with Crippen molar-refractivity contribution >= 4 is 16.7 Å². The molecule has 0 bridgehead atoms. The molecule has 0 radical (unpaired) electrons. The summed E-state index contributed by atoms with van der Waals surface area (Å²) in [5.41, 5.74) is 1.92. The maximum Gasteiger partial charge on any atom is 0.167 e. The van der Waals surface area contributed by atoms with Gasteiger partial charge in [0.2, 0.25) is 0 Å². The molecule has 8 heteroatoms. The number of fused-ring (bicyclic) bond motifs is 1. The molecule has 0 unspecified atom stereocenters. The van der Waals surface area contributed by atoms with Gasteiger partial charge in [-0.25, -0.2) is 14.4 Å². The highest BCUT2D eigenvalue weighted by Gasteiger charge is 2.18. The van der Waals surface area contributed by atoms with Crippen LogP contribution in [0.4, 0.5) is 10.2 Å². The lowest BCUT2D eigenvalue weighted by Gasteiger charge is -2.27. The summed E-state index contributed by atoms with van der Waals surface area (Å²) in [5.74, 6) is 0.617. The van der Waals surface area contributed by atoms with Crippen molar-refractivity contribution < 1.29 is 13.9 Å². The number of nitrogens with one attached hydrogen (secondary N) is 1. The number of aromatic amines is 1. The molecule has 0 atom stereocenters. The predicted molar refractivity (Wildman–Crippen MR) is 95.9 cm³/mol. The van der Waals surface area contributed by atoms with Gasteiger partial charge < -0.3 is 14.4 Å². The minimum Gasteiger partial charge on any atom is -0.488 e. The fraction of sp³-hybridized carbons (Fsp3) is 0.389. The summed E-state index contributed by atoms with van der Waals surface area (Å²) in [6.07, 6.45) is 1.40. The first-order valence-electron chi connectivity index (χ1n) is 8.61. The normalized spacial score (nSPS) is 15.0. The Morgan fingerprint density at radius 1 is 1.19 bits per heavy atom. The van der Waals surface area contributed by atoms with E-state index < -0.39 is 5.82 Å². The van der Waals surface area contributed by atoms with Crippen LogP contribution in [0.1, 0.15) is 13.8 Å². The standard InChI is InChI=1S/C18H20FN5O2/c1-11(2)26-16-7-12-14(8-13(16)19)22-23-18(12)15-9-17(21-10-20-15)24-3-5-25-6-4-24/h7-11H,3-6H2,1-2H3,(H,22,23). The number of hydrogen-bond donors (Lipinski definition) is 1. The van der Waals surface area contributed by atoms with Crippen LogP contribution < -0.4 is 9.64 Å². The number of rotatable bonds is 4. The van der Waals surface area contributed by atoms with Gasteiger partial charge in [-0.2, -0.15) is 5.10 Å². The van der Waals surface area contributed by atoms with Crippen LogP contribution >= 0.6 is 0 Å². The van der Waals surface area contributed by atoms with E-state index in [-0.39, 0.29) is 11.9 Å². The molecule has 0 saturated carbocycles. The van der Waals surface area contributed by atoms with Crippen LogP contribution in [0.2, 0.25) is 0 Å². The van der Waals surface area contributed by atoms with Gasteiger partial charge in [-0.05, 0) is 19.9 Å². The highest BCUT2D eigenvalue weighted by molar-refractivity contribution is 5.93. The Balaban J connectivity index is 1.74. The van der Waals surface area contributed by atoms with E-state index >= 15 is 0 Å². The van der Waals surface area contributed by atoms with Crippen molar-refractivity contribution in [3.05, 3.63) is 30.3 Å². The van der Waals surface area contributed by atoms with Crippen LogP contribution in [-0.4, -0.2) is 52.6 Å². The van der Waals surface area contributed by atoms with Crippen LogP contribution in [0.25, 0.3) is 22.3 Å². The lowest BCUT2D eigenvalue weighted by atomic mass is 10.1. The maximum atomic E-state index is 14.2. The molecule has 3 heterocycles. The summed E-state index contributed by atoms with van der Waals surface area (Å²) in [6, 6.07) is 4.96. The zero-order valence-corrected chi connectivity index (χ0v) is 14.7. The number of benzene rings is 1. The van der Waals surface area contributed by atoms with Crippen molar-refractivity contribution in [1.82, 2.24) is 20.2 Å². The van der Waals surface area contributed by atoms with Crippen molar-refractivity contribution in [1.29, 1.82) is 0 Å². The minimum absolute atomic E-state index is 0.121. The van der Waals surface area contributed by atoms with Gasteiger partial charge >= 0.3 is 0 Å². The van der Waals surface area contributed by atoms with E-state index in [9.17, 15) is 4.39 Å². The number of aromatic nitrogens is 4. The number of ether oxygens (including phenoxy) is 2. The highest BCUT2D eigenvalue weighted by atomic mass is 19.1. The third-order valence-corrected chi connectivity index (χ3v) is 4.21. The van der Waals surface area contributed by atoms with Crippen molar-refractivity contribution in [2.75, 3.05) is 31.2 Å². The van der Waals surface area contributed by atoms with Gasteiger partial charge in [-0.3, -0.25) is 5.10 Å². The van der Waals surface area contributed by atoms with Crippen molar-refractivity contribution in [3.63, 3.8) is 0 Å². The molecule has 1 saturated heterocycles. The Hall–Kier alpha value is -2.74. The monoisotopic (exact) mass is 357 g/mol. The predicted octanol–water partition coefficient (Wildman–Crippen LogP) is 2.78. The Morgan fingerprint density at radius 3 is 2.77 bits per heavy atom. The van der Waals surface area contributed by atoms with E-state index in [0.717, 1.165) is 24.3 Å².